The Kier molecular flexibility index (Phi) is 3.62. The van der Waals surface area contributed by atoms with Crippen molar-refractivity contribution < 1.29 is 4.79 Å². The van der Waals surface area contributed by atoms with Crippen LogP contribution in [-0.4, -0.2) is 48.9 Å². The third kappa shape index (κ3) is 2.27. The summed E-state index contributed by atoms with van der Waals surface area (Å²) in [4.78, 5) is 17.4. The van der Waals surface area contributed by atoms with Crippen molar-refractivity contribution in [2.45, 2.75) is 18.3 Å². The number of likely N-dealkylation sites (tertiary alicyclic amines) is 1. The van der Waals surface area contributed by atoms with E-state index in [4.69, 9.17) is 0 Å². The molecule has 2 heterocycles. The normalized spacial score (nSPS) is 22.1. The van der Waals surface area contributed by atoms with Crippen LogP contribution in [0.25, 0.3) is 0 Å². The zero-order valence-corrected chi connectivity index (χ0v) is 12.1. The van der Waals surface area contributed by atoms with Gasteiger partial charge in [0.1, 0.15) is 0 Å². The minimum absolute atomic E-state index is 0.307. The molecule has 0 saturated carbocycles. The molecule has 0 spiro atoms. The van der Waals surface area contributed by atoms with E-state index in [1.54, 1.807) is 0 Å². The molecule has 0 aromatic heterocycles. The van der Waals surface area contributed by atoms with Crippen molar-refractivity contribution in [3.05, 3.63) is 48.0 Å². The first-order valence-electron chi connectivity index (χ1n) is 7.41. The van der Waals surface area contributed by atoms with Gasteiger partial charge in [-0.1, -0.05) is 42.5 Å². The topological polar surface area (TPSA) is 23.6 Å². The van der Waals surface area contributed by atoms with Gasteiger partial charge in [-0.2, -0.15) is 0 Å². The van der Waals surface area contributed by atoms with Gasteiger partial charge in [0.2, 0.25) is 5.91 Å². The highest BCUT2D eigenvalue weighted by Crippen LogP contribution is 2.37. The first-order chi connectivity index (χ1) is 9.72. The Labute approximate surface area is 120 Å². The molecule has 3 nitrogen and oxygen atoms in total. The van der Waals surface area contributed by atoms with Crippen LogP contribution >= 0.6 is 0 Å². The molecule has 0 N–H and O–H groups in total. The summed E-state index contributed by atoms with van der Waals surface area (Å²) in [5.41, 5.74) is 0.866. The maximum absolute atomic E-state index is 13.1. The number of hydrogen-bond donors (Lipinski definition) is 0. The molecule has 106 valence electrons. The van der Waals surface area contributed by atoms with Crippen molar-refractivity contribution in [3.63, 3.8) is 0 Å². The second-order valence-electron chi connectivity index (χ2n) is 5.93. The van der Waals surface area contributed by atoms with Gasteiger partial charge in [-0.15, -0.1) is 0 Å². The second kappa shape index (κ2) is 5.41. The van der Waals surface area contributed by atoms with Gasteiger partial charge < -0.3 is 9.80 Å². The lowest BCUT2D eigenvalue weighted by atomic mass is 9.71. The van der Waals surface area contributed by atoms with E-state index in [0.29, 0.717) is 5.91 Å². The second-order valence-corrected chi connectivity index (χ2v) is 5.93. The number of nitrogens with zero attached hydrogens (tertiary/aromatic N) is 2. The molecule has 0 radical (unpaired) electrons. The summed E-state index contributed by atoms with van der Waals surface area (Å²) in [5.74, 6) is 0.307. The summed E-state index contributed by atoms with van der Waals surface area (Å²) < 4.78 is 0. The highest BCUT2D eigenvalue weighted by molar-refractivity contribution is 5.89. The standard InChI is InChI=1S/C17H22N2O/c1-18-13-9-17(10-14-18,15-7-3-2-4-8-15)16(20)19-11-5-6-12-19/h2-8H,9-14H2,1H3. The van der Waals surface area contributed by atoms with Crippen LogP contribution in [-0.2, 0) is 10.2 Å². The Morgan fingerprint density at radius 2 is 1.65 bits per heavy atom. The fourth-order valence-electron chi connectivity index (χ4n) is 3.33. The third-order valence-corrected chi connectivity index (χ3v) is 4.68. The molecule has 0 aliphatic carbocycles. The fraction of sp³-hybridized carbons (Fsp3) is 0.471. The summed E-state index contributed by atoms with van der Waals surface area (Å²) >= 11 is 0. The van der Waals surface area contributed by atoms with Crippen LogP contribution in [0.5, 0.6) is 0 Å². The van der Waals surface area contributed by atoms with Crippen LogP contribution in [0.15, 0.2) is 42.5 Å². The van der Waals surface area contributed by atoms with Crippen molar-refractivity contribution in [1.82, 2.24) is 9.80 Å². The summed E-state index contributed by atoms with van der Waals surface area (Å²) in [6.07, 6.45) is 6.02. The summed E-state index contributed by atoms with van der Waals surface area (Å²) in [7, 11) is 2.14. The van der Waals surface area contributed by atoms with Crippen molar-refractivity contribution in [3.8, 4) is 0 Å². The van der Waals surface area contributed by atoms with Crippen LogP contribution in [0.1, 0.15) is 18.4 Å². The predicted molar refractivity (Wildman–Crippen MR) is 80.6 cm³/mol. The van der Waals surface area contributed by atoms with Crippen LogP contribution in [0.3, 0.4) is 0 Å². The molecule has 2 aliphatic rings. The smallest absolute Gasteiger partial charge is 0.233 e. The van der Waals surface area contributed by atoms with Gasteiger partial charge in [0, 0.05) is 13.1 Å². The molecule has 1 aromatic rings. The van der Waals surface area contributed by atoms with Gasteiger partial charge in [0.05, 0.1) is 5.41 Å². The SMILES string of the molecule is CN1CCC(C(=O)N2CC=CC2)(c2ccccc2)CC1. The van der Waals surface area contributed by atoms with E-state index >= 15 is 0 Å². The first-order valence-corrected chi connectivity index (χ1v) is 7.41. The number of rotatable bonds is 2. The molecule has 1 aromatic carbocycles. The van der Waals surface area contributed by atoms with Gasteiger partial charge in [0.25, 0.3) is 0 Å². The molecular formula is C17H22N2O. The van der Waals surface area contributed by atoms with Crippen molar-refractivity contribution in [2.24, 2.45) is 0 Å². The Bertz CT molecular complexity index is 493. The van der Waals surface area contributed by atoms with Gasteiger partial charge >= 0.3 is 0 Å². The number of benzene rings is 1. The molecule has 1 fully saturated rings. The molecular weight excluding hydrogens is 248 g/mol. The monoisotopic (exact) mass is 270 g/mol. The largest absolute Gasteiger partial charge is 0.334 e. The van der Waals surface area contributed by atoms with Gasteiger partial charge in [-0.25, -0.2) is 0 Å². The number of amides is 1. The van der Waals surface area contributed by atoms with E-state index < -0.39 is 0 Å². The molecule has 1 saturated heterocycles. The molecule has 3 rings (SSSR count). The Balaban J connectivity index is 1.93. The van der Waals surface area contributed by atoms with E-state index in [1.165, 1.54) is 5.56 Å². The molecule has 0 unspecified atom stereocenters. The summed E-state index contributed by atoms with van der Waals surface area (Å²) in [6, 6.07) is 10.4. The van der Waals surface area contributed by atoms with E-state index in [-0.39, 0.29) is 5.41 Å². The van der Waals surface area contributed by atoms with Crippen LogP contribution < -0.4 is 0 Å². The number of piperidine rings is 1. The van der Waals surface area contributed by atoms with Gasteiger partial charge in [-0.05, 0) is 38.5 Å². The van der Waals surface area contributed by atoms with Crippen LogP contribution in [0, 0.1) is 0 Å². The number of carbonyl (C=O) groups is 1. The maximum atomic E-state index is 13.1. The van der Waals surface area contributed by atoms with Crippen molar-refractivity contribution >= 4 is 5.91 Å². The summed E-state index contributed by atoms with van der Waals surface area (Å²) in [6.45, 7) is 3.51. The zero-order valence-electron chi connectivity index (χ0n) is 12.1. The van der Waals surface area contributed by atoms with Gasteiger partial charge in [-0.3, -0.25) is 4.79 Å². The highest BCUT2D eigenvalue weighted by Gasteiger charge is 2.44. The Morgan fingerprint density at radius 1 is 1.05 bits per heavy atom. The lowest BCUT2D eigenvalue weighted by Gasteiger charge is -2.42. The summed E-state index contributed by atoms with van der Waals surface area (Å²) in [5, 5.41) is 0. The molecule has 3 heteroatoms. The molecule has 2 aliphatic heterocycles. The predicted octanol–water partition coefficient (Wildman–Crippen LogP) is 2.05. The fourth-order valence-corrected chi connectivity index (χ4v) is 3.33. The molecule has 0 bridgehead atoms. The third-order valence-electron chi connectivity index (χ3n) is 4.68. The van der Waals surface area contributed by atoms with E-state index in [0.717, 1.165) is 39.0 Å². The average Bonchev–Trinajstić information content (AvgIpc) is 3.03. The quantitative estimate of drug-likeness (QED) is 0.768. The van der Waals surface area contributed by atoms with E-state index in [2.05, 4.69) is 36.2 Å². The lowest BCUT2D eigenvalue weighted by molar-refractivity contribution is -0.138. The van der Waals surface area contributed by atoms with Crippen LogP contribution in [0.2, 0.25) is 0 Å². The minimum Gasteiger partial charge on any atom is -0.334 e. The number of carbonyl (C=O) groups excluding carboxylic acids is 1. The Morgan fingerprint density at radius 3 is 2.25 bits per heavy atom. The first kappa shape index (κ1) is 13.4. The van der Waals surface area contributed by atoms with Crippen molar-refractivity contribution in [1.29, 1.82) is 0 Å². The molecule has 0 atom stereocenters. The molecule has 20 heavy (non-hydrogen) atoms. The Hall–Kier alpha value is -1.61. The van der Waals surface area contributed by atoms with Crippen LogP contribution in [0.4, 0.5) is 0 Å². The average molecular weight is 270 g/mol. The van der Waals surface area contributed by atoms with E-state index in [1.807, 2.05) is 23.1 Å². The minimum atomic E-state index is -0.320. The molecule has 1 amide bonds. The van der Waals surface area contributed by atoms with Crippen molar-refractivity contribution in [2.75, 3.05) is 33.2 Å². The number of hydrogen-bond acceptors (Lipinski definition) is 2. The van der Waals surface area contributed by atoms with Gasteiger partial charge in [0.15, 0.2) is 0 Å². The maximum Gasteiger partial charge on any atom is 0.233 e. The lowest BCUT2D eigenvalue weighted by Crippen LogP contribution is -2.51. The zero-order chi connectivity index (χ0) is 14.0. The highest BCUT2D eigenvalue weighted by atomic mass is 16.2. The van der Waals surface area contributed by atoms with E-state index in [9.17, 15) is 4.79 Å².